The van der Waals surface area contributed by atoms with Crippen molar-refractivity contribution >= 4 is 126 Å². The fourth-order valence-corrected chi connectivity index (χ4v) is 11.6. The fraction of sp³-hybridized carbons (Fsp3) is 0.0769. The van der Waals surface area contributed by atoms with E-state index in [2.05, 4.69) is 176 Å². The molecule has 0 fully saturated rings. The van der Waals surface area contributed by atoms with Crippen molar-refractivity contribution in [2.45, 2.75) is 26.2 Å². The number of anilines is 2. The van der Waals surface area contributed by atoms with Gasteiger partial charge in [0.25, 0.3) is 0 Å². The molecule has 0 bridgehead atoms. The largest absolute Gasteiger partial charge is 0.456 e. The van der Waals surface area contributed by atoms with Crippen LogP contribution >= 0.6 is 11.3 Å². The molecule has 2 aliphatic rings. The number of thiophene rings is 1. The third kappa shape index (κ3) is 3.91. The Kier molecular flexibility index (Phi) is 5.73. The predicted octanol–water partition coefficient (Wildman–Crippen LogP) is 13.5. The number of furan rings is 2. The molecule has 0 aliphatic carbocycles. The van der Waals surface area contributed by atoms with Crippen molar-refractivity contribution in [1.82, 2.24) is 4.57 Å². The molecule has 14 rings (SSSR count). The summed E-state index contributed by atoms with van der Waals surface area (Å²) in [4.78, 5) is 2.63. The Labute approximate surface area is 337 Å². The zero-order valence-corrected chi connectivity index (χ0v) is 32.9. The van der Waals surface area contributed by atoms with Crippen LogP contribution in [0.15, 0.2) is 154 Å². The molecular formula is C52H33BN2O2S. The minimum Gasteiger partial charge on any atom is -0.456 e. The molecule has 0 spiro atoms. The zero-order chi connectivity index (χ0) is 38.2. The Morgan fingerprint density at radius 3 is 1.95 bits per heavy atom. The van der Waals surface area contributed by atoms with Gasteiger partial charge >= 0.3 is 6.85 Å². The second-order valence-corrected chi connectivity index (χ2v) is 18.3. The molecule has 0 unspecified atom stereocenters. The van der Waals surface area contributed by atoms with Crippen LogP contribution < -0.4 is 15.7 Å². The summed E-state index contributed by atoms with van der Waals surface area (Å²) in [5.74, 6) is 0. The lowest BCUT2D eigenvalue weighted by Gasteiger charge is -2.42. The van der Waals surface area contributed by atoms with E-state index in [1.807, 2.05) is 11.3 Å². The maximum absolute atomic E-state index is 6.60. The van der Waals surface area contributed by atoms with E-state index in [9.17, 15) is 0 Å². The van der Waals surface area contributed by atoms with Crippen LogP contribution in [0.25, 0.3) is 103 Å². The van der Waals surface area contributed by atoms with Crippen molar-refractivity contribution in [3.8, 4) is 16.8 Å². The van der Waals surface area contributed by atoms with Crippen molar-refractivity contribution < 1.29 is 8.83 Å². The van der Waals surface area contributed by atoms with Crippen LogP contribution in [0.2, 0.25) is 0 Å². The molecule has 0 radical (unpaired) electrons. The van der Waals surface area contributed by atoms with Gasteiger partial charge in [-0.1, -0.05) is 106 Å². The first-order valence-corrected chi connectivity index (χ1v) is 20.9. The molecule has 272 valence electrons. The van der Waals surface area contributed by atoms with Crippen LogP contribution in [-0.2, 0) is 5.41 Å². The predicted molar refractivity (Wildman–Crippen MR) is 246 cm³/mol. The Morgan fingerprint density at radius 1 is 0.500 bits per heavy atom. The van der Waals surface area contributed by atoms with Crippen molar-refractivity contribution in [2.24, 2.45) is 0 Å². The van der Waals surface area contributed by atoms with Gasteiger partial charge in [0.05, 0.1) is 11.0 Å². The van der Waals surface area contributed by atoms with E-state index >= 15 is 0 Å². The molecule has 12 aromatic rings. The number of rotatable bonds is 1. The standard InChI is InChI=1S/C52H33BN2O2S/c1-52(2,3)28-16-18-29(19-17-28)55-42-24-38-31-11-5-8-14-45(31)56-46(38)25-36(42)33-20-21-34-35-22-37-30-10-4-7-13-44(30)57-47(37)26-41(35)54-43-27-49-39(32-12-6-9-15-48(32)58-49)23-40(43)53(55)50(33)51(34)54/h4-27H,1-3H3. The summed E-state index contributed by atoms with van der Waals surface area (Å²) in [5, 5.41) is 9.66. The van der Waals surface area contributed by atoms with E-state index in [-0.39, 0.29) is 12.3 Å². The van der Waals surface area contributed by atoms with Crippen LogP contribution in [0.3, 0.4) is 0 Å². The van der Waals surface area contributed by atoms with Gasteiger partial charge < -0.3 is 18.2 Å². The van der Waals surface area contributed by atoms with Crippen LogP contribution in [0, 0.1) is 0 Å². The van der Waals surface area contributed by atoms with Crippen LogP contribution in [0.1, 0.15) is 26.3 Å². The quantitative estimate of drug-likeness (QED) is 0.156. The highest BCUT2D eigenvalue weighted by Gasteiger charge is 2.44. The topological polar surface area (TPSA) is 34.5 Å². The Balaban J connectivity index is 1.17. The number of hydrogen-bond donors (Lipinski definition) is 0. The molecule has 6 heterocycles. The first kappa shape index (κ1) is 31.3. The number of nitrogens with zero attached hydrogens (tertiary/aromatic N) is 2. The van der Waals surface area contributed by atoms with E-state index in [0.29, 0.717) is 0 Å². The van der Waals surface area contributed by atoms with Gasteiger partial charge in [-0.15, -0.1) is 11.3 Å². The third-order valence-electron chi connectivity index (χ3n) is 13.1. The van der Waals surface area contributed by atoms with E-state index in [0.717, 1.165) is 49.4 Å². The number of aromatic nitrogens is 1. The van der Waals surface area contributed by atoms with E-state index in [1.165, 1.54) is 81.1 Å². The average Bonchev–Trinajstić information content (AvgIpc) is 3.99. The van der Waals surface area contributed by atoms with Gasteiger partial charge in [0.2, 0.25) is 0 Å². The lowest BCUT2D eigenvalue weighted by molar-refractivity contribution is 0.590. The Morgan fingerprint density at radius 2 is 1.19 bits per heavy atom. The molecule has 0 amide bonds. The molecule has 8 aromatic carbocycles. The van der Waals surface area contributed by atoms with Gasteiger partial charge in [-0.2, -0.15) is 0 Å². The summed E-state index contributed by atoms with van der Waals surface area (Å²) in [7, 11) is 0. The zero-order valence-electron chi connectivity index (χ0n) is 32.1. The highest BCUT2D eigenvalue weighted by atomic mass is 32.1. The highest BCUT2D eigenvalue weighted by molar-refractivity contribution is 7.25. The molecular weight excluding hydrogens is 727 g/mol. The molecule has 0 N–H and O–H groups in total. The maximum Gasteiger partial charge on any atom is 0.333 e. The normalized spacial score (nSPS) is 13.7. The summed E-state index contributed by atoms with van der Waals surface area (Å²) in [6, 6.07) is 54.1. The second kappa shape index (κ2) is 10.6. The number of benzene rings is 8. The lowest BCUT2D eigenvalue weighted by Crippen LogP contribution is -2.60. The van der Waals surface area contributed by atoms with Crippen molar-refractivity contribution in [1.29, 1.82) is 0 Å². The van der Waals surface area contributed by atoms with Crippen molar-refractivity contribution in [2.75, 3.05) is 4.81 Å². The van der Waals surface area contributed by atoms with E-state index in [4.69, 9.17) is 8.83 Å². The van der Waals surface area contributed by atoms with Crippen LogP contribution in [0.5, 0.6) is 0 Å². The molecule has 0 saturated heterocycles. The smallest absolute Gasteiger partial charge is 0.333 e. The number of fused-ring (bicyclic) bond motifs is 17. The van der Waals surface area contributed by atoms with Gasteiger partial charge in [-0.3, -0.25) is 0 Å². The van der Waals surface area contributed by atoms with Crippen molar-refractivity contribution in [3.05, 3.63) is 151 Å². The molecule has 0 atom stereocenters. The number of para-hydroxylation sites is 2. The number of hydrogen-bond acceptors (Lipinski definition) is 4. The van der Waals surface area contributed by atoms with Crippen molar-refractivity contribution in [3.63, 3.8) is 0 Å². The minimum absolute atomic E-state index is 0.0352. The first-order valence-electron chi connectivity index (χ1n) is 20.1. The highest BCUT2D eigenvalue weighted by Crippen LogP contribution is 2.49. The molecule has 4 nitrogen and oxygen atoms in total. The van der Waals surface area contributed by atoms with Gasteiger partial charge in [-0.05, 0) is 82.1 Å². The van der Waals surface area contributed by atoms with Crippen LogP contribution in [-0.4, -0.2) is 11.4 Å². The molecule has 2 aliphatic heterocycles. The second-order valence-electron chi connectivity index (χ2n) is 17.3. The Hall–Kier alpha value is -6.76. The fourth-order valence-electron chi connectivity index (χ4n) is 10.4. The van der Waals surface area contributed by atoms with Gasteiger partial charge in [0.15, 0.2) is 0 Å². The summed E-state index contributed by atoms with van der Waals surface area (Å²) in [6.07, 6.45) is 0. The molecule has 4 aromatic heterocycles. The lowest BCUT2D eigenvalue weighted by atomic mass is 9.44. The van der Waals surface area contributed by atoms with Gasteiger partial charge in [0.1, 0.15) is 22.3 Å². The van der Waals surface area contributed by atoms with E-state index in [1.54, 1.807) is 0 Å². The SMILES string of the molecule is CC(C)(C)c1ccc(N2B3c4cc5c(cc4-n4c6cc7oc8ccccc8c7cc6c6ccc(c3c64)-c3cc4oc6ccccc6c4cc32)sc2ccccc25)cc1. The maximum atomic E-state index is 6.60. The summed E-state index contributed by atoms with van der Waals surface area (Å²) >= 11 is 1.88. The molecule has 6 heteroatoms. The van der Waals surface area contributed by atoms with E-state index < -0.39 is 0 Å². The summed E-state index contributed by atoms with van der Waals surface area (Å²) in [6.45, 7) is 6.77. The summed E-state index contributed by atoms with van der Waals surface area (Å²) in [5.41, 5.74) is 16.0. The average molecular weight is 761 g/mol. The first-order chi connectivity index (χ1) is 28.4. The van der Waals surface area contributed by atoms with Crippen LogP contribution in [0.4, 0.5) is 11.4 Å². The molecule has 58 heavy (non-hydrogen) atoms. The summed E-state index contributed by atoms with van der Waals surface area (Å²) < 4.78 is 18.3. The Bertz CT molecular complexity index is 3800. The monoisotopic (exact) mass is 760 g/mol. The van der Waals surface area contributed by atoms with Gasteiger partial charge in [-0.25, -0.2) is 0 Å². The van der Waals surface area contributed by atoms with Gasteiger partial charge in [0, 0.05) is 81.2 Å². The minimum atomic E-state index is -0.0963. The third-order valence-corrected chi connectivity index (χ3v) is 14.2. The molecule has 0 saturated carbocycles.